The molecule has 4 heteroatoms. The third-order valence-corrected chi connectivity index (χ3v) is 3.12. The van der Waals surface area contributed by atoms with Crippen LogP contribution in [-0.2, 0) is 13.1 Å². The van der Waals surface area contributed by atoms with Gasteiger partial charge in [-0.05, 0) is 32.9 Å². The van der Waals surface area contributed by atoms with Gasteiger partial charge in [0.25, 0.3) is 0 Å². The van der Waals surface area contributed by atoms with Gasteiger partial charge in [0, 0.05) is 18.7 Å². The van der Waals surface area contributed by atoms with Crippen LogP contribution in [0, 0.1) is 6.92 Å². The number of benzene rings is 1. The van der Waals surface area contributed by atoms with Gasteiger partial charge in [-0.3, -0.25) is 4.68 Å². The summed E-state index contributed by atoms with van der Waals surface area (Å²) in [6.45, 7) is 9.01. The van der Waals surface area contributed by atoms with Crippen molar-refractivity contribution in [2.24, 2.45) is 0 Å². The largest absolute Gasteiger partial charge is 0.454 e. The molecule has 1 heterocycles. The van der Waals surface area contributed by atoms with Crippen molar-refractivity contribution in [1.82, 2.24) is 15.1 Å². The molecule has 4 nitrogen and oxygen atoms in total. The summed E-state index contributed by atoms with van der Waals surface area (Å²) in [5, 5.41) is 7.65. The second kappa shape index (κ2) is 7.10. The van der Waals surface area contributed by atoms with Crippen LogP contribution in [0.1, 0.15) is 31.4 Å². The van der Waals surface area contributed by atoms with Crippen molar-refractivity contribution in [2.45, 2.75) is 40.3 Å². The Morgan fingerprint density at radius 1 is 1.30 bits per heavy atom. The van der Waals surface area contributed by atoms with E-state index in [1.807, 2.05) is 16.9 Å². The number of nitrogens with one attached hydrogen (secondary N) is 1. The van der Waals surface area contributed by atoms with E-state index < -0.39 is 0 Å². The van der Waals surface area contributed by atoms with Gasteiger partial charge in [-0.1, -0.05) is 24.6 Å². The first kappa shape index (κ1) is 14.6. The summed E-state index contributed by atoms with van der Waals surface area (Å²) in [6, 6.07) is 6.27. The fourth-order valence-corrected chi connectivity index (χ4v) is 2.04. The molecular weight excluding hydrogens is 250 g/mol. The zero-order valence-electron chi connectivity index (χ0n) is 12.5. The van der Waals surface area contributed by atoms with E-state index in [9.17, 15) is 0 Å². The molecule has 2 aromatic rings. The number of ether oxygens (including phenoxy) is 1. The van der Waals surface area contributed by atoms with Crippen LogP contribution in [0.4, 0.5) is 0 Å². The van der Waals surface area contributed by atoms with Crippen LogP contribution in [0.5, 0.6) is 11.5 Å². The molecule has 0 aliphatic carbocycles. The molecule has 0 saturated carbocycles. The summed E-state index contributed by atoms with van der Waals surface area (Å²) >= 11 is 0. The molecule has 0 unspecified atom stereocenters. The molecule has 1 N–H and O–H groups in total. The van der Waals surface area contributed by atoms with Crippen molar-refractivity contribution in [3.05, 3.63) is 41.7 Å². The van der Waals surface area contributed by atoms with Gasteiger partial charge in [-0.25, -0.2) is 0 Å². The lowest BCUT2D eigenvalue weighted by Gasteiger charge is -2.11. The fourth-order valence-electron chi connectivity index (χ4n) is 2.04. The second-order valence-electron chi connectivity index (χ2n) is 4.92. The Labute approximate surface area is 120 Å². The van der Waals surface area contributed by atoms with Crippen LogP contribution in [-0.4, -0.2) is 16.3 Å². The number of hydrogen-bond acceptors (Lipinski definition) is 3. The minimum absolute atomic E-state index is 0.785. The minimum atomic E-state index is 0.785. The normalized spacial score (nSPS) is 10.8. The van der Waals surface area contributed by atoms with Crippen molar-refractivity contribution < 1.29 is 4.74 Å². The van der Waals surface area contributed by atoms with Crippen LogP contribution in [0.2, 0.25) is 0 Å². The predicted molar refractivity (Wildman–Crippen MR) is 81.2 cm³/mol. The molecule has 20 heavy (non-hydrogen) atoms. The molecule has 0 radical (unpaired) electrons. The van der Waals surface area contributed by atoms with E-state index in [0.29, 0.717) is 0 Å². The average molecular weight is 273 g/mol. The molecule has 0 atom stereocenters. The van der Waals surface area contributed by atoms with E-state index in [1.165, 1.54) is 11.1 Å². The van der Waals surface area contributed by atoms with Gasteiger partial charge in [0.2, 0.25) is 0 Å². The first-order chi connectivity index (χ1) is 9.72. The molecule has 0 saturated heterocycles. The highest BCUT2D eigenvalue weighted by Crippen LogP contribution is 2.26. The van der Waals surface area contributed by atoms with E-state index in [1.54, 1.807) is 6.20 Å². The lowest BCUT2D eigenvalue weighted by molar-refractivity contribution is 0.471. The zero-order valence-corrected chi connectivity index (χ0v) is 12.5. The third kappa shape index (κ3) is 3.84. The predicted octanol–water partition coefficient (Wildman–Crippen LogP) is 3.50. The van der Waals surface area contributed by atoms with Crippen molar-refractivity contribution in [2.75, 3.05) is 6.54 Å². The van der Waals surface area contributed by atoms with E-state index in [4.69, 9.17) is 4.74 Å². The minimum Gasteiger partial charge on any atom is -0.454 e. The second-order valence-corrected chi connectivity index (χ2v) is 4.92. The Balaban J connectivity index is 2.12. The summed E-state index contributed by atoms with van der Waals surface area (Å²) in [7, 11) is 0. The van der Waals surface area contributed by atoms with Crippen LogP contribution in [0.15, 0.2) is 30.6 Å². The number of aryl methyl sites for hydroxylation is 2. The van der Waals surface area contributed by atoms with Gasteiger partial charge in [0.15, 0.2) is 5.75 Å². The first-order valence-electron chi connectivity index (χ1n) is 7.23. The Morgan fingerprint density at radius 3 is 2.85 bits per heavy atom. The molecular formula is C16H23N3O. The number of nitrogens with zero attached hydrogens (tertiary/aromatic N) is 2. The quantitative estimate of drug-likeness (QED) is 0.785. The van der Waals surface area contributed by atoms with Gasteiger partial charge in [-0.15, -0.1) is 0 Å². The van der Waals surface area contributed by atoms with Gasteiger partial charge in [0.05, 0.1) is 12.4 Å². The molecule has 0 amide bonds. The van der Waals surface area contributed by atoms with E-state index in [0.717, 1.165) is 37.6 Å². The van der Waals surface area contributed by atoms with Crippen LogP contribution >= 0.6 is 0 Å². The summed E-state index contributed by atoms with van der Waals surface area (Å²) in [4.78, 5) is 0. The lowest BCUT2D eigenvalue weighted by atomic mass is 10.1. The molecule has 0 spiro atoms. The topological polar surface area (TPSA) is 39.1 Å². The molecule has 0 bridgehead atoms. The molecule has 2 rings (SSSR count). The maximum atomic E-state index is 5.95. The number of rotatable bonds is 7. The summed E-state index contributed by atoms with van der Waals surface area (Å²) < 4.78 is 7.81. The SMILES string of the molecule is CCCNCc1cc(C)ccc1Oc1cnn(CC)c1. The Kier molecular flexibility index (Phi) is 5.18. The van der Waals surface area contributed by atoms with Crippen LogP contribution in [0.25, 0.3) is 0 Å². The zero-order chi connectivity index (χ0) is 14.4. The van der Waals surface area contributed by atoms with E-state index >= 15 is 0 Å². The maximum absolute atomic E-state index is 5.95. The monoisotopic (exact) mass is 273 g/mol. The van der Waals surface area contributed by atoms with E-state index in [-0.39, 0.29) is 0 Å². The number of aromatic nitrogens is 2. The average Bonchev–Trinajstić information content (AvgIpc) is 2.90. The first-order valence-corrected chi connectivity index (χ1v) is 7.23. The van der Waals surface area contributed by atoms with Crippen molar-refractivity contribution in [3.63, 3.8) is 0 Å². The molecule has 0 aliphatic heterocycles. The number of hydrogen-bond donors (Lipinski definition) is 1. The lowest BCUT2D eigenvalue weighted by Crippen LogP contribution is -2.14. The summed E-state index contributed by atoms with van der Waals surface area (Å²) in [6.07, 6.45) is 4.81. The van der Waals surface area contributed by atoms with Gasteiger partial charge in [-0.2, -0.15) is 5.10 Å². The third-order valence-electron chi connectivity index (χ3n) is 3.12. The molecule has 1 aromatic heterocycles. The molecule has 0 fully saturated rings. The molecule has 108 valence electrons. The van der Waals surface area contributed by atoms with Crippen LogP contribution < -0.4 is 10.1 Å². The van der Waals surface area contributed by atoms with Crippen LogP contribution in [0.3, 0.4) is 0 Å². The van der Waals surface area contributed by atoms with Crippen molar-refractivity contribution in [3.8, 4) is 11.5 Å². The maximum Gasteiger partial charge on any atom is 0.165 e. The fraction of sp³-hybridized carbons (Fsp3) is 0.438. The van der Waals surface area contributed by atoms with Crippen molar-refractivity contribution >= 4 is 0 Å². The van der Waals surface area contributed by atoms with Gasteiger partial charge < -0.3 is 10.1 Å². The molecule has 1 aromatic carbocycles. The summed E-state index contributed by atoms with van der Waals surface area (Å²) in [5.74, 6) is 1.68. The standard InChI is InChI=1S/C16H23N3O/c1-4-8-17-10-14-9-13(3)6-7-16(14)20-15-11-18-19(5-2)12-15/h6-7,9,11-12,17H,4-5,8,10H2,1-3H3. The summed E-state index contributed by atoms with van der Waals surface area (Å²) in [5.41, 5.74) is 2.43. The highest BCUT2D eigenvalue weighted by atomic mass is 16.5. The van der Waals surface area contributed by atoms with E-state index in [2.05, 4.69) is 43.3 Å². The Bertz CT molecular complexity index is 548. The molecule has 0 aliphatic rings. The Morgan fingerprint density at radius 2 is 2.15 bits per heavy atom. The smallest absolute Gasteiger partial charge is 0.165 e. The Hall–Kier alpha value is -1.81. The van der Waals surface area contributed by atoms with Gasteiger partial charge in [0.1, 0.15) is 5.75 Å². The highest BCUT2D eigenvalue weighted by Gasteiger charge is 2.07. The van der Waals surface area contributed by atoms with Crippen molar-refractivity contribution in [1.29, 1.82) is 0 Å². The highest BCUT2D eigenvalue weighted by molar-refractivity contribution is 5.39. The van der Waals surface area contributed by atoms with Gasteiger partial charge >= 0.3 is 0 Å².